The number of rotatable bonds is 9. The largest absolute Gasteiger partial charge is 0.458 e. The van der Waals surface area contributed by atoms with E-state index in [4.69, 9.17) is 28.4 Å². The molecule has 13 nitrogen and oxygen atoms in total. The molecule has 53 heavy (non-hydrogen) atoms. The van der Waals surface area contributed by atoms with Crippen LogP contribution in [0.15, 0.2) is 43.0 Å². The van der Waals surface area contributed by atoms with Crippen LogP contribution < -0.4 is 5.32 Å². The van der Waals surface area contributed by atoms with Gasteiger partial charge in [0.1, 0.15) is 17.8 Å². The molecular formula is C40H58N2O11. The topological polar surface area (TPSA) is 156 Å². The Hall–Kier alpha value is -3.65. The third-order valence-electron chi connectivity index (χ3n) is 11.2. The number of benzene rings is 1. The van der Waals surface area contributed by atoms with Crippen LogP contribution in [0.1, 0.15) is 85.0 Å². The smallest absolute Gasteiger partial charge is 0.408 e. The highest BCUT2D eigenvalue weighted by molar-refractivity contribution is 6.00. The number of hydrogen-bond donors (Lipinski definition) is 1. The number of nitrogens with one attached hydrogen (secondary N) is 1. The van der Waals surface area contributed by atoms with Crippen molar-refractivity contribution in [3.05, 3.63) is 48.6 Å². The van der Waals surface area contributed by atoms with E-state index >= 15 is 0 Å². The fraction of sp³-hybridized carbons (Fsp3) is 0.675. The van der Waals surface area contributed by atoms with Crippen molar-refractivity contribution < 1.29 is 52.4 Å². The SMILES string of the molecule is C=CCO[C@]1(C)C[C@@H](C)C(=O)[C@H](C)[C@H]2NC(=O)O[C@]2(C)[C@@H](CC)OC(=O)[C@H](C)C(=O)[C@H](C)[C@H]1O[C@@H]1O[C@H](C)C[C@H](N(C)C)[C@H]1OC(=O)c1ccccc1. The molecule has 3 fully saturated rings. The number of nitrogens with zero attached hydrogens (tertiary/aromatic N) is 1. The molecule has 4 rings (SSSR count). The normalized spacial score (nSPS) is 38.6. The van der Waals surface area contributed by atoms with Gasteiger partial charge in [-0.1, -0.05) is 52.0 Å². The number of Topliss-reactive ketones (excluding diaryl/α,β-unsaturated/α-hetero) is 2. The first-order valence-electron chi connectivity index (χ1n) is 18.6. The van der Waals surface area contributed by atoms with Crippen LogP contribution in [0, 0.1) is 23.7 Å². The van der Waals surface area contributed by atoms with Crippen LogP contribution in [0.3, 0.4) is 0 Å². The Morgan fingerprint density at radius 3 is 2.28 bits per heavy atom. The van der Waals surface area contributed by atoms with Gasteiger partial charge in [-0.25, -0.2) is 9.59 Å². The van der Waals surface area contributed by atoms with Crippen molar-refractivity contribution in [1.29, 1.82) is 0 Å². The summed E-state index contributed by atoms with van der Waals surface area (Å²) in [5, 5.41) is 2.78. The van der Waals surface area contributed by atoms with E-state index in [0.717, 1.165) is 0 Å². The van der Waals surface area contributed by atoms with E-state index in [0.29, 0.717) is 12.0 Å². The van der Waals surface area contributed by atoms with E-state index in [9.17, 15) is 24.0 Å². The van der Waals surface area contributed by atoms with Crippen molar-refractivity contribution in [2.45, 2.75) is 129 Å². The van der Waals surface area contributed by atoms with Gasteiger partial charge in [0.05, 0.1) is 42.1 Å². The van der Waals surface area contributed by atoms with Crippen molar-refractivity contribution >= 4 is 29.6 Å². The van der Waals surface area contributed by atoms with Gasteiger partial charge >= 0.3 is 18.0 Å². The molecule has 1 N–H and O–H groups in total. The van der Waals surface area contributed by atoms with E-state index < -0.39 is 89.3 Å². The summed E-state index contributed by atoms with van der Waals surface area (Å²) in [6, 6.07) is 7.43. The van der Waals surface area contributed by atoms with Gasteiger partial charge in [-0.15, -0.1) is 6.58 Å². The molecule has 0 spiro atoms. The minimum absolute atomic E-state index is 0.0444. The molecule has 3 saturated heterocycles. The van der Waals surface area contributed by atoms with E-state index in [1.54, 1.807) is 78.0 Å². The van der Waals surface area contributed by atoms with Gasteiger partial charge < -0.3 is 38.6 Å². The maximum Gasteiger partial charge on any atom is 0.408 e. The highest BCUT2D eigenvalue weighted by Gasteiger charge is 2.57. The van der Waals surface area contributed by atoms with Crippen LogP contribution in [0.25, 0.3) is 0 Å². The summed E-state index contributed by atoms with van der Waals surface area (Å²) in [6.07, 6.45) is -2.84. The molecule has 0 unspecified atom stereocenters. The maximum absolute atomic E-state index is 14.4. The third kappa shape index (κ3) is 9.01. The lowest BCUT2D eigenvalue weighted by atomic mass is 9.73. The first-order chi connectivity index (χ1) is 24.9. The van der Waals surface area contributed by atoms with E-state index in [-0.39, 0.29) is 37.4 Å². The molecule has 1 amide bonds. The van der Waals surface area contributed by atoms with Crippen LogP contribution in [-0.2, 0) is 42.8 Å². The lowest BCUT2D eigenvalue weighted by molar-refractivity contribution is -0.296. The lowest BCUT2D eigenvalue weighted by Gasteiger charge is -2.48. The van der Waals surface area contributed by atoms with Crippen LogP contribution in [0.2, 0.25) is 0 Å². The zero-order valence-electron chi connectivity index (χ0n) is 32.8. The predicted octanol–water partition coefficient (Wildman–Crippen LogP) is 4.90. The summed E-state index contributed by atoms with van der Waals surface area (Å²) in [5.74, 6) is -5.79. The average Bonchev–Trinajstić information content (AvgIpc) is 3.44. The highest BCUT2D eigenvalue weighted by atomic mass is 16.7. The number of fused-ring (bicyclic) bond motifs is 1. The number of ether oxygens (including phenoxy) is 6. The van der Waals surface area contributed by atoms with Crippen molar-refractivity contribution in [3.8, 4) is 0 Å². The lowest BCUT2D eigenvalue weighted by Crippen LogP contribution is -2.61. The van der Waals surface area contributed by atoms with Gasteiger partial charge in [0.15, 0.2) is 23.8 Å². The molecule has 3 aliphatic heterocycles. The molecule has 13 atom stereocenters. The van der Waals surface area contributed by atoms with Gasteiger partial charge in [0.2, 0.25) is 0 Å². The third-order valence-corrected chi connectivity index (χ3v) is 11.2. The molecule has 1 aromatic rings. The van der Waals surface area contributed by atoms with Crippen molar-refractivity contribution in [2.75, 3.05) is 20.7 Å². The van der Waals surface area contributed by atoms with E-state index in [1.165, 1.54) is 6.92 Å². The first-order valence-corrected chi connectivity index (χ1v) is 18.6. The molecular weight excluding hydrogens is 684 g/mol. The number of likely N-dealkylation sites (N-methyl/N-ethyl adjacent to an activating group) is 1. The molecule has 3 aliphatic rings. The number of esters is 2. The van der Waals surface area contributed by atoms with Crippen molar-refractivity contribution in [2.24, 2.45) is 23.7 Å². The molecule has 1 aromatic carbocycles. The van der Waals surface area contributed by atoms with E-state index in [1.807, 2.05) is 25.9 Å². The molecule has 13 heteroatoms. The van der Waals surface area contributed by atoms with Gasteiger partial charge in [-0.05, 0) is 73.2 Å². The highest BCUT2D eigenvalue weighted by Crippen LogP contribution is 2.40. The fourth-order valence-corrected chi connectivity index (χ4v) is 8.25. The second-order valence-corrected chi connectivity index (χ2v) is 15.5. The number of cyclic esters (lactones) is 1. The number of hydrogen-bond acceptors (Lipinski definition) is 12. The van der Waals surface area contributed by atoms with Gasteiger partial charge in [-0.3, -0.25) is 14.4 Å². The molecule has 0 aromatic heterocycles. The Morgan fingerprint density at radius 2 is 1.68 bits per heavy atom. The minimum Gasteiger partial charge on any atom is -0.458 e. The fourth-order valence-electron chi connectivity index (χ4n) is 8.25. The van der Waals surface area contributed by atoms with Crippen molar-refractivity contribution in [1.82, 2.24) is 10.2 Å². The maximum atomic E-state index is 14.4. The summed E-state index contributed by atoms with van der Waals surface area (Å²) in [5.41, 5.74) is -2.39. The van der Waals surface area contributed by atoms with Crippen LogP contribution >= 0.6 is 0 Å². The number of alkyl carbamates (subject to hydrolysis) is 1. The zero-order chi connectivity index (χ0) is 39.4. The van der Waals surface area contributed by atoms with Gasteiger partial charge in [0, 0.05) is 17.8 Å². The first kappa shape index (κ1) is 42.1. The number of amides is 1. The Bertz CT molecular complexity index is 1500. The number of carbonyl (C=O) groups is 5. The number of carbonyl (C=O) groups excluding carboxylic acids is 5. The van der Waals surface area contributed by atoms with Crippen LogP contribution in [-0.4, -0.2) is 109 Å². The second kappa shape index (κ2) is 17.2. The van der Waals surface area contributed by atoms with Gasteiger partial charge in [0.25, 0.3) is 0 Å². The minimum atomic E-state index is -1.38. The van der Waals surface area contributed by atoms with E-state index in [2.05, 4.69) is 11.9 Å². The molecule has 3 heterocycles. The van der Waals surface area contributed by atoms with Crippen molar-refractivity contribution in [3.63, 3.8) is 0 Å². The van der Waals surface area contributed by atoms with Crippen LogP contribution in [0.5, 0.6) is 0 Å². The van der Waals surface area contributed by atoms with Gasteiger partial charge in [-0.2, -0.15) is 0 Å². The Balaban J connectivity index is 1.82. The second-order valence-electron chi connectivity index (χ2n) is 15.5. The molecule has 0 bridgehead atoms. The monoisotopic (exact) mass is 742 g/mol. The quantitative estimate of drug-likeness (QED) is 0.158. The predicted molar refractivity (Wildman–Crippen MR) is 195 cm³/mol. The standard InChI is InChI=1S/C40H58N2O11/c1-12-19-48-39(8)21-22(3)30(43)24(5)33-40(9,53-38(47)41-33)29(13-2)50-35(45)26(7)31(44)25(6)34(39)52-37-32(28(42(10)11)20-23(4)49-37)51-36(46)27-17-15-14-16-18-27/h12,14-18,22-26,28-29,32-34,37H,1,13,19-21H2,2-11H3,(H,41,47)/t22-,23-,24+,25+,26-,28+,29-,32-,33-,34-,37+,39-,40-/m1/s1. The molecule has 0 aliphatic carbocycles. The summed E-state index contributed by atoms with van der Waals surface area (Å²) in [6.45, 7) is 17.5. The Labute approximate surface area is 313 Å². The molecule has 0 saturated carbocycles. The Morgan fingerprint density at radius 1 is 1.02 bits per heavy atom. The summed E-state index contributed by atoms with van der Waals surface area (Å²) in [4.78, 5) is 70.6. The van der Waals surface area contributed by atoms with Crippen LogP contribution in [0.4, 0.5) is 4.79 Å². The molecule has 0 radical (unpaired) electrons. The summed E-state index contributed by atoms with van der Waals surface area (Å²) >= 11 is 0. The summed E-state index contributed by atoms with van der Waals surface area (Å²) < 4.78 is 37.6. The average molecular weight is 743 g/mol. The Kier molecular flexibility index (Phi) is 13.7. The number of ketones is 2. The zero-order valence-corrected chi connectivity index (χ0v) is 32.8. The molecule has 294 valence electrons. The summed E-state index contributed by atoms with van der Waals surface area (Å²) in [7, 11) is 3.75.